The summed E-state index contributed by atoms with van der Waals surface area (Å²) in [7, 11) is -0.818. The van der Waals surface area contributed by atoms with E-state index in [2.05, 4.69) is 13.2 Å². The minimum atomic E-state index is -0.818. The average molecular weight is 144 g/mol. The third kappa shape index (κ3) is 7.46. The van der Waals surface area contributed by atoms with Crippen molar-refractivity contribution in [2.45, 2.75) is 6.92 Å². The topological polar surface area (TPSA) is 18.5 Å². The van der Waals surface area contributed by atoms with Gasteiger partial charge in [-0.15, -0.1) is 6.58 Å². The van der Waals surface area contributed by atoms with Crippen LogP contribution in [0.2, 0.25) is 0 Å². The van der Waals surface area contributed by atoms with E-state index in [1.54, 1.807) is 6.08 Å². The van der Waals surface area contributed by atoms with E-state index < -0.39 is 10.0 Å². The lowest BCUT2D eigenvalue weighted by molar-refractivity contribution is 0.290. The molecule has 0 aliphatic rings. The minimum Gasteiger partial charge on any atom is -0.529 e. The van der Waals surface area contributed by atoms with E-state index >= 15 is 0 Å². The summed E-state index contributed by atoms with van der Waals surface area (Å²) in [5.41, 5.74) is 0. The molecule has 0 unspecified atom stereocenters. The number of rotatable bonds is 5. The van der Waals surface area contributed by atoms with Gasteiger partial charge in [0.2, 0.25) is 0 Å². The Labute approximate surface area is 58.2 Å². The van der Waals surface area contributed by atoms with Crippen molar-refractivity contribution in [2.75, 3.05) is 6.61 Å². The van der Waals surface area contributed by atoms with Gasteiger partial charge in [0.15, 0.2) is 0 Å². The Morgan fingerprint density at radius 3 is 2.89 bits per heavy atom. The third-order valence-corrected chi connectivity index (χ3v) is 1.64. The van der Waals surface area contributed by atoms with Gasteiger partial charge in [-0.1, -0.05) is 12.7 Å². The van der Waals surface area contributed by atoms with Crippen LogP contribution < -0.4 is 0 Å². The first kappa shape index (κ1) is 8.46. The van der Waals surface area contributed by atoms with E-state index in [9.17, 15) is 0 Å². The summed E-state index contributed by atoms with van der Waals surface area (Å²) in [6.45, 7) is 9.45. The molecule has 0 N–H and O–H groups in total. The second-order valence-electron chi connectivity index (χ2n) is 1.62. The van der Waals surface area contributed by atoms with E-state index in [1.807, 2.05) is 6.92 Å². The zero-order valence-corrected chi connectivity index (χ0v) is 7.14. The van der Waals surface area contributed by atoms with Crippen LogP contribution in [0, 0.1) is 0 Å². The van der Waals surface area contributed by atoms with Crippen LogP contribution in [0.5, 0.6) is 0 Å². The number of hydrogen-bond acceptors (Lipinski definition) is 2. The monoisotopic (exact) mass is 144 g/mol. The first-order valence-electron chi connectivity index (χ1n) is 2.74. The van der Waals surface area contributed by atoms with Crippen molar-refractivity contribution >= 4 is 10.0 Å². The molecule has 0 fully saturated rings. The van der Waals surface area contributed by atoms with Crippen molar-refractivity contribution in [1.82, 2.24) is 0 Å². The van der Waals surface area contributed by atoms with Crippen LogP contribution in [0.15, 0.2) is 25.0 Å². The zero-order chi connectivity index (χ0) is 7.11. The molecule has 0 saturated carbocycles. The quantitative estimate of drug-likeness (QED) is 0.245. The molecule has 0 aromatic rings. The van der Waals surface area contributed by atoms with Crippen molar-refractivity contribution in [3.05, 3.63) is 25.0 Å². The van der Waals surface area contributed by atoms with Gasteiger partial charge < -0.3 is 8.85 Å². The highest BCUT2D eigenvalue weighted by Crippen LogP contribution is 1.86. The van der Waals surface area contributed by atoms with Crippen molar-refractivity contribution in [3.63, 3.8) is 0 Å². The van der Waals surface area contributed by atoms with Crippen LogP contribution in [0.3, 0.4) is 0 Å². The molecule has 0 aliphatic heterocycles. The summed E-state index contributed by atoms with van der Waals surface area (Å²) >= 11 is 0. The molecule has 0 bridgehead atoms. The lowest BCUT2D eigenvalue weighted by Crippen LogP contribution is -2.02. The molecule has 0 aliphatic carbocycles. The van der Waals surface area contributed by atoms with Gasteiger partial charge >= 0.3 is 10.0 Å². The predicted octanol–water partition coefficient (Wildman–Crippen LogP) is 0.738. The SMILES string of the molecule is C=CCO[SiH2]OC(=C)C. The van der Waals surface area contributed by atoms with Gasteiger partial charge in [-0.3, -0.25) is 0 Å². The highest BCUT2D eigenvalue weighted by atomic mass is 28.3. The van der Waals surface area contributed by atoms with Gasteiger partial charge in [-0.2, -0.15) is 0 Å². The van der Waals surface area contributed by atoms with Gasteiger partial charge in [0.25, 0.3) is 0 Å². The smallest absolute Gasteiger partial charge is 0.365 e. The summed E-state index contributed by atoms with van der Waals surface area (Å²) in [4.78, 5) is 0. The van der Waals surface area contributed by atoms with E-state index in [1.165, 1.54) is 0 Å². The van der Waals surface area contributed by atoms with E-state index in [-0.39, 0.29) is 0 Å². The second-order valence-corrected chi connectivity index (χ2v) is 2.56. The van der Waals surface area contributed by atoms with Crippen molar-refractivity contribution in [3.8, 4) is 0 Å². The maximum Gasteiger partial charge on any atom is 0.365 e. The molecule has 0 aromatic heterocycles. The average Bonchev–Trinajstić information content (AvgIpc) is 1.80. The van der Waals surface area contributed by atoms with Crippen LogP contribution in [0.4, 0.5) is 0 Å². The molecule has 0 radical (unpaired) electrons. The Morgan fingerprint density at radius 2 is 2.44 bits per heavy atom. The van der Waals surface area contributed by atoms with Gasteiger partial charge in [0.1, 0.15) is 0 Å². The molecule has 52 valence electrons. The van der Waals surface area contributed by atoms with Crippen molar-refractivity contribution in [1.29, 1.82) is 0 Å². The fourth-order valence-corrected chi connectivity index (χ4v) is 0.821. The highest BCUT2D eigenvalue weighted by molar-refractivity contribution is 6.18. The fraction of sp³-hybridized carbons (Fsp3) is 0.333. The van der Waals surface area contributed by atoms with Crippen LogP contribution in [0.1, 0.15) is 6.92 Å². The first-order chi connectivity index (χ1) is 4.27. The number of hydrogen-bond donors (Lipinski definition) is 0. The molecular formula is C6H12O2Si. The molecular weight excluding hydrogens is 132 g/mol. The summed E-state index contributed by atoms with van der Waals surface area (Å²) < 4.78 is 10.0. The molecule has 0 spiro atoms. The molecule has 0 rings (SSSR count). The molecule has 2 nitrogen and oxygen atoms in total. The van der Waals surface area contributed by atoms with Crippen molar-refractivity contribution < 1.29 is 8.85 Å². The Balaban J connectivity index is 2.91. The Hall–Kier alpha value is -0.543. The fourth-order valence-electron chi connectivity index (χ4n) is 0.274. The van der Waals surface area contributed by atoms with Crippen LogP contribution >= 0.6 is 0 Å². The number of allylic oxidation sites excluding steroid dienone is 1. The zero-order valence-electron chi connectivity index (χ0n) is 5.72. The molecule has 0 amide bonds. The molecule has 0 heterocycles. The summed E-state index contributed by atoms with van der Waals surface area (Å²) in [5.74, 6) is 0.728. The summed E-state index contributed by atoms with van der Waals surface area (Å²) in [6.07, 6.45) is 1.70. The Kier molecular flexibility index (Phi) is 5.25. The normalized spacial score (nSPS) is 9.89. The van der Waals surface area contributed by atoms with E-state index in [0.29, 0.717) is 6.61 Å². The highest BCUT2D eigenvalue weighted by Gasteiger charge is 1.84. The molecule has 3 heteroatoms. The summed E-state index contributed by atoms with van der Waals surface area (Å²) in [6, 6.07) is 0. The van der Waals surface area contributed by atoms with Gasteiger partial charge in [-0.05, 0) is 6.92 Å². The summed E-state index contributed by atoms with van der Waals surface area (Å²) in [5, 5.41) is 0. The third-order valence-electron chi connectivity index (χ3n) is 0.624. The molecule has 0 atom stereocenters. The lowest BCUT2D eigenvalue weighted by atomic mass is 10.7. The lowest BCUT2D eigenvalue weighted by Gasteiger charge is -2.02. The van der Waals surface area contributed by atoms with E-state index in [0.717, 1.165) is 5.76 Å². The van der Waals surface area contributed by atoms with Crippen molar-refractivity contribution in [2.24, 2.45) is 0 Å². The van der Waals surface area contributed by atoms with Crippen LogP contribution in [-0.2, 0) is 8.85 Å². The molecule has 0 aromatic carbocycles. The largest absolute Gasteiger partial charge is 0.529 e. The maximum atomic E-state index is 5.03. The van der Waals surface area contributed by atoms with Crippen LogP contribution in [-0.4, -0.2) is 16.6 Å². The van der Waals surface area contributed by atoms with Gasteiger partial charge in [0.05, 0.1) is 12.4 Å². The standard InChI is InChI=1S/C6H12O2Si/c1-4-5-7-9-8-6(2)3/h4H,1-2,5,9H2,3H3. The minimum absolute atomic E-state index is 0.583. The predicted molar refractivity (Wildman–Crippen MR) is 40.6 cm³/mol. The van der Waals surface area contributed by atoms with E-state index in [4.69, 9.17) is 8.85 Å². The second kappa shape index (κ2) is 5.59. The maximum absolute atomic E-state index is 5.03. The molecule has 9 heavy (non-hydrogen) atoms. The first-order valence-corrected chi connectivity index (χ1v) is 3.89. The van der Waals surface area contributed by atoms with Gasteiger partial charge in [-0.25, -0.2) is 0 Å². The molecule has 0 saturated heterocycles. The Bertz CT molecular complexity index is 101. The van der Waals surface area contributed by atoms with Crippen LogP contribution in [0.25, 0.3) is 0 Å². The Morgan fingerprint density at radius 1 is 1.78 bits per heavy atom. The van der Waals surface area contributed by atoms with Gasteiger partial charge in [0, 0.05) is 0 Å².